The summed E-state index contributed by atoms with van der Waals surface area (Å²) in [5, 5.41) is 0.935. The van der Waals surface area contributed by atoms with Crippen molar-refractivity contribution in [3.8, 4) is 0 Å². The van der Waals surface area contributed by atoms with Crippen molar-refractivity contribution >= 4 is 37.6 Å². The maximum atomic E-state index is 12.6. The molecule has 2 aromatic heterocycles. The summed E-state index contributed by atoms with van der Waals surface area (Å²) in [6.45, 7) is 7.17. The average molecular weight is 483 g/mol. The lowest BCUT2D eigenvalue weighted by atomic mass is 10.1. The fourth-order valence-electron chi connectivity index (χ4n) is 3.98. The molecule has 0 saturated carbocycles. The maximum absolute atomic E-state index is 12.6. The van der Waals surface area contributed by atoms with E-state index in [0.29, 0.717) is 36.0 Å². The van der Waals surface area contributed by atoms with Gasteiger partial charge in [0.05, 0.1) is 40.4 Å². The quantitative estimate of drug-likeness (QED) is 0.364. The molecule has 4 rings (SSSR count). The van der Waals surface area contributed by atoms with E-state index in [1.54, 1.807) is 30.3 Å². The third-order valence-corrected chi connectivity index (χ3v) is 7.31. The minimum atomic E-state index is -3.42. The van der Waals surface area contributed by atoms with Crippen LogP contribution in [0.4, 0.5) is 5.82 Å². The minimum absolute atomic E-state index is 0.0715. The molecular formula is C25H30N4O4S. The Morgan fingerprint density at radius 2 is 1.74 bits per heavy atom. The van der Waals surface area contributed by atoms with Crippen LogP contribution in [-0.2, 0) is 32.5 Å². The van der Waals surface area contributed by atoms with Gasteiger partial charge >= 0.3 is 0 Å². The number of nitrogens with zero attached hydrogens (tertiary/aromatic N) is 3. The SMILES string of the molecule is CCOCc1nc2c(N)nc3ccccc3c2n1CC(C)(C)OCCS(=O)(=O)c1ccccc1. The molecule has 0 atom stereocenters. The predicted molar refractivity (Wildman–Crippen MR) is 133 cm³/mol. The summed E-state index contributed by atoms with van der Waals surface area (Å²) in [6, 6.07) is 16.2. The van der Waals surface area contributed by atoms with Gasteiger partial charge in [0.2, 0.25) is 0 Å². The minimum Gasteiger partial charge on any atom is -0.382 e. The van der Waals surface area contributed by atoms with E-state index in [1.807, 2.05) is 45.0 Å². The Bertz CT molecular complexity index is 1400. The highest BCUT2D eigenvalue weighted by atomic mass is 32.2. The third kappa shape index (κ3) is 5.06. The maximum Gasteiger partial charge on any atom is 0.180 e. The number of rotatable bonds is 10. The topological polar surface area (TPSA) is 109 Å². The molecule has 8 nitrogen and oxygen atoms in total. The van der Waals surface area contributed by atoms with E-state index >= 15 is 0 Å². The number of anilines is 1. The Kier molecular flexibility index (Phi) is 6.88. The number of nitrogens with two attached hydrogens (primary N) is 1. The fourth-order valence-corrected chi connectivity index (χ4v) is 5.09. The number of sulfone groups is 1. The Morgan fingerprint density at radius 1 is 1.03 bits per heavy atom. The first kappa shape index (κ1) is 24.1. The molecular weight excluding hydrogens is 452 g/mol. The monoisotopic (exact) mass is 482 g/mol. The molecule has 0 radical (unpaired) electrons. The van der Waals surface area contributed by atoms with E-state index in [4.69, 9.17) is 20.2 Å². The lowest BCUT2D eigenvalue weighted by molar-refractivity contribution is -0.0219. The van der Waals surface area contributed by atoms with Gasteiger partial charge in [-0.25, -0.2) is 18.4 Å². The number of hydrogen-bond acceptors (Lipinski definition) is 7. The van der Waals surface area contributed by atoms with E-state index in [0.717, 1.165) is 22.2 Å². The second kappa shape index (κ2) is 9.69. The van der Waals surface area contributed by atoms with Crippen molar-refractivity contribution in [1.29, 1.82) is 0 Å². The molecule has 0 fully saturated rings. The van der Waals surface area contributed by atoms with E-state index in [2.05, 4.69) is 9.55 Å². The number of pyridine rings is 1. The van der Waals surface area contributed by atoms with E-state index in [9.17, 15) is 8.42 Å². The second-order valence-corrected chi connectivity index (χ2v) is 10.8. The van der Waals surface area contributed by atoms with Crippen molar-refractivity contribution in [2.75, 3.05) is 24.7 Å². The predicted octanol–water partition coefficient (Wildman–Crippen LogP) is 3.97. The largest absolute Gasteiger partial charge is 0.382 e. The number of fused-ring (bicyclic) bond motifs is 3. The van der Waals surface area contributed by atoms with Crippen molar-refractivity contribution in [2.24, 2.45) is 0 Å². The Morgan fingerprint density at radius 3 is 2.47 bits per heavy atom. The van der Waals surface area contributed by atoms with Crippen LogP contribution < -0.4 is 5.73 Å². The molecule has 0 aliphatic carbocycles. The lowest BCUT2D eigenvalue weighted by Gasteiger charge is -2.27. The van der Waals surface area contributed by atoms with Gasteiger partial charge in [-0.2, -0.15) is 0 Å². The van der Waals surface area contributed by atoms with E-state index in [1.165, 1.54) is 0 Å². The smallest absolute Gasteiger partial charge is 0.180 e. The summed E-state index contributed by atoms with van der Waals surface area (Å²) in [6.07, 6.45) is 0. The van der Waals surface area contributed by atoms with Crippen LogP contribution in [0.5, 0.6) is 0 Å². The molecule has 0 bridgehead atoms. The van der Waals surface area contributed by atoms with Crippen LogP contribution in [0.3, 0.4) is 0 Å². The highest BCUT2D eigenvalue weighted by Crippen LogP contribution is 2.30. The zero-order chi connectivity index (χ0) is 24.3. The first-order valence-corrected chi connectivity index (χ1v) is 12.9. The number of para-hydroxylation sites is 1. The van der Waals surface area contributed by atoms with Crippen molar-refractivity contribution in [3.05, 3.63) is 60.4 Å². The van der Waals surface area contributed by atoms with Crippen LogP contribution in [0.2, 0.25) is 0 Å². The fraction of sp³-hybridized carbons (Fsp3) is 0.360. The van der Waals surface area contributed by atoms with Gasteiger partial charge in [0.1, 0.15) is 17.9 Å². The Labute approximate surface area is 199 Å². The van der Waals surface area contributed by atoms with Gasteiger partial charge in [0.15, 0.2) is 15.7 Å². The molecule has 4 aromatic rings. The molecule has 0 amide bonds. The van der Waals surface area contributed by atoms with Crippen LogP contribution in [0.15, 0.2) is 59.5 Å². The van der Waals surface area contributed by atoms with Crippen LogP contribution in [0.25, 0.3) is 21.9 Å². The summed E-state index contributed by atoms with van der Waals surface area (Å²) in [5.41, 5.74) is 7.84. The summed E-state index contributed by atoms with van der Waals surface area (Å²) < 4.78 is 39.1. The highest BCUT2D eigenvalue weighted by molar-refractivity contribution is 7.91. The van der Waals surface area contributed by atoms with Crippen molar-refractivity contribution < 1.29 is 17.9 Å². The molecule has 0 unspecified atom stereocenters. The molecule has 180 valence electrons. The van der Waals surface area contributed by atoms with Gasteiger partial charge in [-0.05, 0) is 39.0 Å². The number of nitrogen functional groups attached to an aromatic ring is 1. The highest BCUT2D eigenvalue weighted by Gasteiger charge is 2.26. The third-order valence-electron chi connectivity index (χ3n) is 5.61. The van der Waals surface area contributed by atoms with Gasteiger partial charge in [0, 0.05) is 12.0 Å². The molecule has 2 aromatic carbocycles. The zero-order valence-corrected chi connectivity index (χ0v) is 20.5. The van der Waals surface area contributed by atoms with Gasteiger partial charge in [0.25, 0.3) is 0 Å². The average Bonchev–Trinajstić information content (AvgIpc) is 3.16. The lowest BCUT2D eigenvalue weighted by Crippen LogP contribution is -2.33. The summed E-state index contributed by atoms with van der Waals surface area (Å²) in [7, 11) is -3.42. The van der Waals surface area contributed by atoms with Gasteiger partial charge in [-0.3, -0.25) is 0 Å². The number of benzene rings is 2. The molecule has 0 aliphatic heterocycles. The molecule has 9 heteroatoms. The normalized spacial score (nSPS) is 12.6. The first-order chi connectivity index (χ1) is 16.2. The molecule has 0 aliphatic rings. The number of ether oxygens (including phenoxy) is 2. The number of hydrogen-bond donors (Lipinski definition) is 1. The van der Waals surface area contributed by atoms with Crippen molar-refractivity contribution in [3.63, 3.8) is 0 Å². The molecule has 2 heterocycles. The van der Waals surface area contributed by atoms with E-state index < -0.39 is 15.4 Å². The van der Waals surface area contributed by atoms with Gasteiger partial charge in [-0.15, -0.1) is 0 Å². The van der Waals surface area contributed by atoms with Crippen LogP contribution in [-0.4, -0.2) is 47.5 Å². The molecule has 0 saturated heterocycles. The van der Waals surface area contributed by atoms with E-state index in [-0.39, 0.29) is 12.4 Å². The van der Waals surface area contributed by atoms with Gasteiger partial charge in [-0.1, -0.05) is 36.4 Å². The Hall–Kier alpha value is -3.01. The van der Waals surface area contributed by atoms with Crippen molar-refractivity contribution in [1.82, 2.24) is 14.5 Å². The summed E-state index contributed by atoms with van der Waals surface area (Å²) >= 11 is 0. The Balaban J connectivity index is 1.63. The summed E-state index contributed by atoms with van der Waals surface area (Å²) in [4.78, 5) is 9.54. The molecule has 34 heavy (non-hydrogen) atoms. The molecule has 0 spiro atoms. The first-order valence-electron chi connectivity index (χ1n) is 11.2. The number of aromatic nitrogens is 3. The van der Waals surface area contributed by atoms with Crippen LogP contribution >= 0.6 is 0 Å². The van der Waals surface area contributed by atoms with Crippen molar-refractivity contribution in [2.45, 2.75) is 44.4 Å². The van der Waals surface area contributed by atoms with Gasteiger partial charge < -0.3 is 19.8 Å². The van der Waals surface area contributed by atoms with Crippen LogP contribution in [0, 0.1) is 0 Å². The standard InChI is InChI=1S/C25H30N4O4S/c1-4-32-16-21-28-22-23(19-12-8-9-13-20(19)27-24(22)26)29(21)17-25(2,3)33-14-15-34(30,31)18-10-6-5-7-11-18/h5-13H,4,14-17H2,1-3H3,(H2,26,27). The summed E-state index contributed by atoms with van der Waals surface area (Å²) in [5.74, 6) is 0.977. The number of imidazole rings is 1. The zero-order valence-electron chi connectivity index (χ0n) is 19.7. The van der Waals surface area contributed by atoms with Crippen LogP contribution in [0.1, 0.15) is 26.6 Å². The molecule has 2 N–H and O–H groups in total. The second-order valence-electron chi connectivity index (χ2n) is 8.70.